The molecule has 1 aliphatic carbocycles. The molecule has 1 atom stereocenters. The Kier molecular flexibility index (Phi) is 7.70. The average Bonchev–Trinajstić information content (AvgIpc) is 2.89. The number of aromatic nitrogens is 1. The molecule has 1 fully saturated rings. The highest BCUT2D eigenvalue weighted by Crippen LogP contribution is 2.34. The van der Waals surface area contributed by atoms with Gasteiger partial charge in [-0.3, -0.25) is 15.2 Å². The number of rotatable bonds is 7. The predicted molar refractivity (Wildman–Crippen MR) is 134 cm³/mol. The monoisotopic (exact) mass is 476 g/mol. The molecule has 0 radical (unpaired) electrons. The van der Waals surface area contributed by atoms with Gasteiger partial charge in [0, 0.05) is 17.1 Å². The number of fused-ring (bicyclic) bond motifs is 1. The molecule has 8 nitrogen and oxygen atoms in total. The number of hydrazine groups is 1. The number of carbonyl (C=O) groups is 2. The summed E-state index contributed by atoms with van der Waals surface area (Å²) >= 11 is 0. The van der Waals surface area contributed by atoms with Crippen molar-refractivity contribution in [2.24, 2.45) is 11.7 Å². The van der Waals surface area contributed by atoms with E-state index in [4.69, 9.17) is 15.2 Å². The van der Waals surface area contributed by atoms with Crippen molar-refractivity contribution in [2.75, 3.05) is 7.11 Å². The molecule has 3 aromatic rings. The second kappa shape index (κ2) is 11.1. The van der Waals surface area contributed by atoms with E-state index in [-0.39, 0.29) is 24.0 Å². The lowest BCUT2D eigenvalue weighted by Gasteiger charge is -2.39. The van der Waals surface area contributed by atoms with E-state index in [0.29, 0.717) is 17.7 Å². The Bertz CT molecular complexity index is 1150. The van der Waals surface area contributed by atoms with Crippen molar-refractivity contribution in [3.05, 3.63) is 66.4 Å². The topological polar surface area (TPSA) is 107 Å². The minimum absolute atomic E-state index is 0.0884. The third-order valence-corrected chi connectivity index (χ3v) is 6.73. The molecule has 2 aromatic carbocycles. The Balaban J connectivity index is 1.39. The van der Waals surface area contributed by atoms with Crippen LogP contribution in [-0.2, 0) is 0 Å². The van der Waals surface area contributed by atoms with E-state index in [9.17, 15) is 9.59 Å². The van der Waals surface area contributed by atoms with Gasteiger partial charge < -0.3 is 15.2 Å². The zero-order chi connectivity index (χ0) is 24.8. The van der Waals surface area contributed by atoms with Gasteiger partial charge in [0.1, 0.15) is 11.5 Å². The molecule has 3 N–H and O–H groups in total. The zero-order valence-electron chi connectivity index (χ0n) is 20.1. The van der Waals surface area contributed by atoms with Crippen molar-refractivity contribution in [1.82, 2.24) is 15.4 Å². The van der Waals surface area contributed by atoms with Crippen LogP contribution in [-0.4, -0.2) is 41.2 Å². The van der Waals surface area contributed by atoms with E-state index >= 15 is 0 Å². The van der Waals surface area contributed by atoms with Gasteiger partial charge in [-0.05, 0) is 80.5 Å². The highest BCUT2D eigenvalue weighted by Gasteiger charge is 2.34. The van der Waals surface area contributed by atoms with Crippen molar-refractivity contribution in [3.8, 4) is 11.5 Å². The fourth-order valence-corrected chi connectivity index (χ4v) is 4.89. The number of nitrogens with two attached hydrogens (primary N) is 1. The number of pyridine rings is 1. The Labute approximate surface area is 205 Å². The standard InChI is InChI=1S/C27H32N4O4/c1-3-24(31(27(28)33)30-26(32)19-10-12-20(34-2)13-11-19)18-8-14-21(15-9-18)35-25-16-17-29-23-7-5-4-6-22(23)25/h4-7,10-13,16-18,21,24H,3,8-9,14-15H2,1-2H3,(H2,28,33)(H,30,32). The van der Waals surface area contributed by atoms with E-state index in [1.807, 2.05) is 37.3 Å². The summed E-state index contributed by atoms with van der Waals surface area (Å²) in [4.78, 5) is 29.5. The lowest BCUT2D eigenvalue weighted by molar-refractivity contribution is 0.0540. The first kappa shape index (κ1) is 24.3. The van der Waals surface area contributed by atoms with Crippen LogP contribution in [0.5, 0.6) is 11.5 Å². The minimum Gasteiger partial charge on any atom is -0.497 e. The normalized spacial score (nSPS) is 18.5. The summed E-state index contributed by atoms with van der Waals surface area (Å²) in [6.07, 6.45) is 5.99. The third kappa shape index (κ3) is 5.65. The van der Waals surface area contributed by atoms with Gasteiger partial charge in [-0.25, -0.2) is 9.80 Å². The van der Waals surface area contributed by atoms with Gasteiger partial charge in [0.25, 0.3) is 5.91 Å². The molecule has 8 heteroatoms. The second-order valence-corrected chi connectivity index (χ2v) is 8.83. The quantitative estimate of drug-likeness (QED) is 0.481. The van der Waals surface area contributed by atoms with Crippen molar-refractivity contribution in [3.63, 3.8) is 0 Å². The molecule has 0 spiro atoms. The van der Waals surface area contributed by atoms with Crippen molar-refractivity contribution < 1.29 is 19.1 Å². The van der Waals surface area contributed by atoms with E-state index < -0.39 is 6.03 Å². The Hall–Kier alpha value is -3.81. The van der Waals surface area contributed by atoms with Crippen LogP contribution < -0.4 is 20.6 Å². The van der Waals surface area contributed by atoms with Crippen LogP contribution in [0.15, 0.2) is 60.8 Å². The summed E-state index contributed by atoms with van der Waals surface area (Å²) in [5.74, 6) is 1.32. The lowest BCUT2D eigenvalue weighted by atomic mass is 9.81. The largest absolute Gasteiger partial charge is 0.497 e. The summed E-state index contributed by atoms with van der Waals surface area (Å²) < 4.78 is 11.5. The smallest absolute Gasteiger partial charge is 0.333 e. The van der Waals surface area contributed by atoms with Gasteiger partial charge in [0.15, 0.2) is 0 Å². The molecule has 1 heterocycles. The fraction of sp³-hybridized carbons (Fsp3) is 0.370. The molecule has 1 unspecified atom stereocenters. The molecule has 1 saturated carbocycles. The second-order valence-electron chi connectivity index (χ2n) is 8.83. The number of primary amides is 1. The summed E-state index contributed by atoms with van der Waals surface area (Å²) in [7, 11) is 1.56. The highest BCUT2D eigenvalue weighted by molar-refractivity contribution is 5.95. The summed E-state index contributed by atoms with van der Waals surface area (Å²) in [5, 5.41) is 2.30. The molecular weight excluding hydrogens is 444 g/mol. The zero-order valence-corrected chi connectivity index (χ0v) is 20.1. The molecule has 3 amide bonds. The summed E-state index contributed by atoms with van der Waals surface area (Å²) in [6, 6.07) is 15.7. The molecule has 184 valence electrons. The van der Waals surface area contributed by atoms with Gasteiger partial charge in [-0.1, -0.05) is 19.1 Å². The van der Waals surface area contributed by atoms with Gasteiger partial charge >= 0.3 is 6.03 Å². The average molecular weight is 477 g/mol. The predicted octanol–water partition coefficient (Wildman–Crippen LogP) is 4.69. The van der Waals surface area contributed by atoms with Crippen LogP contribution >= 0.6 is 0 Å². The van der Waals surface area contributed by atoms with Crippen molar-refractivity contribution in [2.45, 2.75) is 51.2 Å². The Morgan fingerprint density at radius 3 is 2.46 bits per heavy atom. The Morgan fingerprint density at radius 1 is 1.09 bits per heavy atom. The number of hydrogen-bond donors (Lipinski definition) is 2. The molecule has 4 rings (SSSR count). The maximum absolute atomic E-state index is 12.8. The number of carbonyl (C=O) groups excluding carboxylic acids is 2. The number of amides is 3. The molecule has 0 bridgehead atoms. The van der Waals surface area contributed by atoms with Gasteiger partial charge in [0.2, 0.25) is 0 Å². The first-order chi connectivity index (χ1) is 17.0. The van der Waals surface area contributed by atoms with Gasteiger partial charge in [-0.15, -0.1) is 0 Å². The number of nitrogens with one attached hydrogen (secondary N) is 1. The van der Waals surface area contributed by atoms with E-state index in [1.165, 1.54) is 5.01 Å². The number of methoxy groups -OCH3 is 1. The van der Waals surface area contributed by atoms with Crippen molar-refractivity contribution in [1.29, 1.82) is 0 Å². The van der Waals surface area contributed by atoms with Crippen molar-refractivity contribution >= 4 is 22.8 Å². The molecule has 1 aliphatic rings. The number of urea groups is 1. The van der Waals surface area contributed by atoms with E-state index in [0.717, 1.165) is 42.3 Å². The third-order valence-electron chi connectivity index (χ3n) is 6.73. The molecule has 1 aromatic heterocycles. The first-order valence-electron chi connectivity index (χ1n) is 12.0. The maximum Gasteiger partial charge on any atom is 0.333 e. The molecule has 0 saturated heterocycles. The summed E-state index contributed by atoms with van der Waals surface area (Å²) in [6.45, 7) is 2.01. The van der Waals surface area contributed by atoms with Crippen LogP contribution in [0, 0.1) is 5.92 Å². The maximum atomic E-state index is 12.8. The van der Waals surface area contributed by atoms with E-state index in [2.05, 4.69) is 10.4 Å². The van der Waals surface area contributed by atoms with E-state index in [1.54, 1.807) is 37.6 Å². The molecular formula is C27H32N4O4. The SMILES string of the molecule is CCC(C1CCC(Oc2ccnc3ccccc23)CC1)N(NC(=O)c1ccc(OC)cc1)C(N)=O. The number of ether oxygens (including phenoxy) is 2. The molecule has 35 heavy (non-hydrogen) atoms. The van der Waals surface area contributed by atoms with Crippen LogP contribution in [0.1, 0.15) is 49.4 Å². The number of benzene rings is 2. The van der Waals surface area contributed by atoms with Gasteiger partial charge in [0.05, 0.1) is 24.8 Å². The number of nitrogens with zero attached hydrogens (tertiary/aromatic N) is 2. The van der Waals surface area contributed by atoms with Gasteiger partial charge in [-0.2, -0.15) is 0 Å². The van der Waals surface area contributed by atoms with Crippen LogP contribution in [0.2, 0.25) is 0 Å². The van der Waals surface area contributed by atoms with Crippen LogP contribution in [0.3, 0.4) is 0 Å². The molecule has 0 aliphatic heterocycles. The first-order valence-corrected chi connectivity index (χ1v) is 12.0. The highest BCUT2D eigenvalue weighted by atomic mass is 16.5. The minimum atomic E-state index is -0.666. The van der Waals surface area contributed by atoms with Crippen LogP contribution in [0.25, 0.3) is 10.9 Å². The number of para-hydroxylation sites is 1. The Morgan fingerprint density at radius 2 is 1.80 bits per heavy atom. The fourth-order valence-electron chi connectivity index (χ4n) is 4.89. The lowest BCUT2D eigenvalue weighted by Crippen LogP contribution is -2.56. The summed E-state index contributed by atoms with van der Waals surface area (Å²) in [5.41, 5.74) is 9.76. The van der Waals surface area contributed by atoms with Crippen LogP contribution in [0.4, 0.5) is 4.79 Å². The number of hydrogen-bond acceptors (Lipinski definition) is 5.